The van der Waals surface area contributed by atoms with Gasteiger partial charge in [-0.3, -0.25) is 14.4 Å². The minimum absolute atomic E-state index is 0.0137. The van der Waals surface area contributed by atoms with Gasteiger partial charge in [-0.15, -0.1) is 0 Å². The molecule has 0 aromatic heterocycles. The molecular formula is C18H23N3O4. The summed E-state index contributed by atoms with van der Waals surface area (Å²) in [5, 5.41) is 0. The van der Waals surface area contributed by atoms with Crippen LogP contribution in [0.3, 0.4) is 0 Å². The molecule has 0 N–H and O–H groups in total. The van der Waals surface area contributed by atoms with Gasteiger partial charge >= 0.3 is 0 Å². The van der Waals surface area contributed by atoms with Crippen molar-refractivity contribution in [3.63, 3.8) is 0 Å². The SMILES string of the molecule is COc1ccccc1N1CCN(C(=O)C(C)N2CCCC2=O)CC1=O. The highest BCUT2D eigenvalue weighted by Crippen LogP contribution is 2.29. The molecule has 2 fully saturated rings. The summed E-state index contributed by atoms with van der Waals surface area (Å²) in [5.41, 5.74) is 0.713. The molecule has 7 heteroatoms. The third-order valence-corrected chi connectivity index (χ3v) is 4.84. The van der Waals surface area contributed by atoms with E-state index in [0.717, 1.165) is 6.42 Å². The first-order valence-electron chi connectivity index (χ1n) is 8.54. The zero-order valence-electron chi connectivity index (χ0n) is 14.6. The molecule has 3 amide bonds. The van der Waals surface area contributed by atoms with Gasteiger partial charge in [0.2, 0.25) is 17.7 Å². The predicted octanol–water partition coefficient (Wildman–Crippen LogP) is 0.881. The predicted molar refractivity (Wildman–Crippen MR) is 92.3 cm³/mol. The van der Waals surface area contributed by atoms with Gasteiger partial charge in [-0.2, -0.15) is 0 Å². The fourth-order valence-electron chi connectivity index (χ4n) is 3.44. The lowest BCUT2D eigenvalue weighted by atomic mass is 10.2. The molecule has 0 aliphatic carbocycles. The van der Waals surface area contributed by atoms with E-state index in [9.17, 15) is 14.4 Å². The summed E-state index contributed by atoms with van der Waals surface area (Å²) in [6, 6.07) is 6.83. The molecule has 0 saturated carbocycles. The molecule has 25 heavy (non-hydrogen) atoms. The zero-order chi connectivity index (χ0) is 18.0. The molecule has 7 nitrogen and oxygen atoms in total. The third kappa shape index (κ3) is 3.31. The van der Waals surface area contributed by atoms with Crippen LogP contribution in [-0.2, 0) is 14.4 Å². The Kier molecular flexibility index (Phi) is 4.92. The molecule has 1 aromatic carbocycles. The molecule has 2 saturated heterocycles. The van der Waals surface area contributed by atoms with Crippen molar-refractivity contribution in [3.05, 3.63) is 24.3 Å². The number of carbonyl (C=O) groups is 3. The van der Waals surface area contributed by atoms with Gasteiger partial charge in [0.05, 0.1) is 12.8 Å². The van der Waals surface area contributed by atoms with E-state index in [1.807, 2.05) is 18.2 Å². The van der Waals surface area contributed by atoms with Gasteiger partial charge < -0.3 is 19.4 Å². The van der Waals surface area contributed by atoms with E-state index in [-0.39, 0.29) is 24.3 Å². The van der Waals surface area contributed by atoms with Gasteiger partial charge in [0.15, 0.2) is 0 Å². The fourth-order valence-corrected chi connectivity index (χ4v) is 3.44. The Bertz CT molecular complexity index is 691. The second-order valence-corrected chi connectivity index (χ2v) is 6.34. The average Bonchev–Trinajstić information content (AvgIpc) is 3.06. The number of carbonyl (C=O) groups excluding carboxylic acids is 3. The number of amides is 3. The molecule has 0 spiro atoms. The molecule has 1 aromatic rings. The maximum Gasteiger partial charge on any atom is 0.246 e. The van der Waals surface area contributed by atoms with E-state index in [0.29, 0.717) is 37.5 Å². The molecule has 2 aliphatic heterocycles. The summed E-state index contributed by atoms with van der Waals surface area (Å²) in [4.78, 5) is 41.9. The summed E-state index contributed by atoms with van der Waals surface area (Å²) in [5.74, 6) is 0.332. The Morgan fingerprint density at radius 1 is 1.12 bits per heavy atom. The van der Waals surface area contributed by atoms with Gasteiger partial charge in [0, 0.05) is 26.1 Å². The van der Waals surface area contributed by atoms with Crippen molar-refractivity contribution in [1.82, 2.24) is 9.80 Å². The molecule has 0 radical (unpaired) electrons. The van der Waals surface area contributed by atoms with Crippen LogP contribution in [0.15, 0.2) is 24.3 Å². The lowest BCUT2D eigenvalue weighted by Gasteiger charge is -2.37. The van der Waals surface area contributed by atoms with Crippen LogP contribution >= 0.6 is 0 Å². The first-order chi connectivity index (χ1) is 12.0. The molecule has 1 unspecified atom stereocenters. The fraction of sp³-hybridized carbons (Fsp3) is 0.500. The highest BCUT2D eigenvalue weighted by molar-refractivity contribution is 6.00. The van der Waals surface area contributed by atoms with Crippen molar-refractivity contribution >= 4 is 23.4 Å². The van der Waals surface area contributed by atoms with Gasteiger partial charge in [-0.05, 0) is 25.5 Å². The van der Waals surface area contributed by atoms with E-state index in [4.69, 9.17) is 4.74 Å². The highest BCUT2D eigenvalue weighted by atomic mass is 16.5. The van der Waals surface area contributed by atoms with Crippen molar-refractivity contribution in [2.75, 3.05) is 38.2 Å². The Balaban J connectivity index is 1.68. The average molecular weight is 345 g/mol. The van der Waals surface area contributed by atoms with Crippen molar-refractivity contribution in [1.29, 1.82) is 0 Å². The van der Waals surface area contributed by atoms with E-state index < -0.39 is 6.04 Å². The van der Waals surface area contributed by atoms with Gasteiger partial charge in [0.25, 0.3) is 0 Å². The number of hydrogen-bond donors (Lipinski definition) is 0. The second-order valence-electron chi connectivity index (χ2n) is 6.34. The standard InChI is InChI=1S/C18H23N3O4/c1-13(20-9-5-8-16(20)22)18(24)19-10-11-21(17(23)12-19)14-6-3-4-7-15(14)25-2/h3-4,6-7,13H,5,8-12H2,1-2H3. The number of rotatable bonds is 4. The molecule has 2 heterocycles. The molecule has 0 bridgehead atoms. The summed E-state index contributed by atoms with van der Waals surface area (Å²) in [6.45, 7) is 3.22. The quantitative estimate of drug-likeness (QED) is 0.812. The lowest BCUT2D eigenvalue weighted by Crippen LogP contribution is -2.56. The maximum atomic E-state index is 12.7. The Labute approximate surface area is 147 Å². The Morgan fingerprint density at radius 2 is 1.88 bits per heavy atom. The number of para-hydroxylation sites is 2. The summed E-state index contributed by atoms with van der Waals surface area (Å²) in [6.07, 6.45) is 1.29. The first kappa shape index (κ1) is 17.3. The monoisotopic (exact) mass is 345 g/mol. The first-order valence-corrected chi connectivity index (χ1v) is 8.54. The van der Waals surface area contributed by atoms with Gasteiger partial charge in [-0.1, -0.05) is 12.1 Å². The number of benzene rings is 1. The number of methoxy groups -OCH3 is 1. The molecule has 3 rings (SSSR count). The topological polar surface area (TPSA) is 70.2 Å². The largest absolute Gasteiger partial charge is 0.495 e. The highest BCUT2D eigenvalue weighted by Gasteiger charge is 2.35. The maximum absolute atomic E-state index is 12.7. The summed E-state index contributed by atoms with van der Waals surface area (Å²) >= 11 is 0. The van der Waals surface area contributed by atoms with Crippen LogP contribution in [0.2, 0.25) is 0 Å². The second kappa shape index (κ2) is 7.13. The summed E-state index contributed by atoms with van der Waals surface area (Å²) in [7, 11) is 1.57. The number of likely N-dealkylation sites (tertiary alicyclic amines) is 1. The third-order valence-electron chi connectivity index (χ3n) is 4.84. The Hall–Kier alpha value is -2.57. The van der Waals surface area contributed by atoms with Crippen molar-refractivity contribution in [2.24, 2.45) is 0 Å². The van der Waals surface area contributed by atoms with Gasteiger partial charge in [-0.25, -0.2) is 0 Å². The number of hydrogen-bond acceptors (Lipinski definition) is 4. The molecular weight excluding hydrogens is 322 g/mol. The van der Waals surface area contributed by atoms with Crippen LogP contribution in [-0.4, -0.2) is 66.9 Å². The van der Waals surface area contributed by atoms with Crippen LogP contribution in [0.5, 0.6) is 5.75 Å². The van der Waals surface area contributed by atoms with E-state index >= 15 is 0 Å². The summed E-state index contributed by atoms with van der Waals surface area (Å²) < 4.78 is 5.32. The van der Waals surface area contributed by atoms with E-state index in [1.54, 1.807) is 34.8 Å². The number of ether oxygens (including phenoxy) is 1. The molecule has 2 aliphatic rings. The van der Waals surface area contributed by atoms with E-state index in [1.165, 1.54) is 0 Å². The minimum Gasteiger partial charge on any atom is -0.495 e. The smallest absolute Gasteiger partial charge is 0.246 e. The van der Waals surface area contributed by atoms with Crippen LogP contribution in [0.4, 0.5) is 5.69 Å². The van der Waals surface area contributed by atoms with Crippen molar-refractivity contribution in [3.8, 4) is 5.75 Å². The number of anilines is 1. The number of nitrogens with zero attached hydrogens (tertiary/aromatic N) is 3. The minimum atomic E-state index is -0.513. The van der Waals surface area contributed by atoms with Crippen LogP contribution in [0, 0.1) is 0 Å². The van der Waals surface area contributed by atoms with Gasteiger partial charge in [0.1, 0.15) is 18.3 Å². The molecule has 134 valence electrons. The van der Waals surface area contributed by atoms with Crippen molar-refractivity contribution in [2.45, 2.75) is 25.8 Å². The lowest BCUT2D eigenvalue weighted by molar-refractivity contribution is -0.145. The van der Waals surface area contributed by atoms with E-state index in [2.05, 4.69) is 0 Å². The Morgan fingerprint density at radius 3 is 2.52 bits per heavy atom. The number of piperazine rings is 1. The van der Waals surface area contributed by atoms with Crippen LogP contribution in [0.25, 0.3) is 0 Å². The van der Waals surface area contributed by atoms with Crippen molar-refractivity contribution < 1.29 is 19.1 Å². The zero-order valence-corrected chi connectivity index (χ0v) is 14.6. The van der Waals surface area contributed by atoms with Crippen LogP contribution in [0.1, 0.15) is 19.8 Å². The van der Waals surface area contributed by atoms with Crippen LogP contribution < -0.4 is 9.64 Å². The normalized spacial score (nSPS) is 19.4. The molecule has 1 atom stereocenters.